The highest BCUT2D eigenvalue weighted by Gasteiger charge is 2.20. The van der Waals surface area contributed by atoms with Crippen molar-refractivity contribution in [3.05, 3.63) is 321 Å². The minimum absolute atomic E-state index is 0.952. The predicted molar refractivity (Wildman–Crippen MR) is 372 cm³/mol. The molecule has 0 fully saturated rings. The number of fused-ring (bicyclic) bond motifs is 12. The average Bonchev–Trinajstić information content (AvgIpc) is 1.65. The molecule has 8 nitrogen and oxygen atoms in total. The molecular formula is C80H53BrN8. The van der Waals surface area contributed by atoms with Crippen LogP contribution in [0.25, 0.3) is 149 Å². The van der Waals surface area contributed by atoms with Gasteiger partial charge in [-0.25, -0.2) is 0 Å². The Morgan fingerprint density at radius 3 is 1.43 bits per heavy atom. The second kappa shape index (κ2) is 22.7. The minimum atomic E-state index is 0.952. The smallest absolute Gasteiger partial charge is 0.0789 e. The zero-order chi connectivity index (χ0) is 59.2. The van der Waals surface area contributed by atoms with Gasteiger partial charge >= 0.3 is 0 Å². The van der Waals surface area contributed by atoms with Crippen LogP contribution in [-0.2, 0) is 0 Å². The number of hydrogen-bond acceptors (Lipinski definition) is 4. The molecule has 0 saturated heterocycles. The van der Waals surface area contributed by atoms with Crippen molar-refractivity contribution in [3.63, 3.8) is 0 Å². The lowest BCUT2D eigenvalue weighted by Gasteiger charge is -2.13. The quantitative estimate of drug-likeness (QED) is 0.172. The van der Waals surface area contributed by atoms with Crippen LogP contribution in [0.4, 0.5) is 0 Å². The molecule has 0 unspecified atom stereocenters. The van der Waals surface area contributed by atoms with Gasteiger partial charge in [0.25, 0.3) is 0 Å². The molecule has 0 saturated carbocycles. The van der Waals surface area contributed by atoms with Crippen molar-refractivity contribution in [2.75, 3.05) is 0 Å². The maximum Gasteiger partial charge on any atom is 0.0789 e. The van der Waals surface area contributed by atoms with Gasteiger partial charge in [0, 0.05) is 90.3 Å². The Bertz CT molecular complexity index is 5580. The van der Waals surface area contributed by atoms with Crippen LogP contribution in [0.1, 0.15) is 0 Å². The monoisotopic (exact) mass is 1200 g/mol. The summed E-state index contributed by atoms with van der Waals surface area (Å²) in [5.41, 5.74) is 19.2. The van der Waals surface area contributed by atoms with E-state index in [1.54, 1.807) is 0 Å². The van der Waals surface area contributed by atoms with E-state index in [4.69, 9.17) is 4.98 Å². The fourth-order valence-electron chi connectivity index (χ4n) is 12.7. The second-order valence-corrected chi connectivity index (χ2v) is 23.0. The Morgan fingerprint density at radius 1 is 0.315 bits per heavy atom. The number of aromatic amines is 1. The predicted octanol–water partition coefficient (Wildman–Crippen LogP) is 21.0. The van der Waals surface area contributed by atoms with Crippen molar-refractivity contribution in [2.24, 2.45) is 0 Å². The molecule has 0 spiro atoms. The van der Waals surface area contributed by atoms with Crippen molar-refractivity contribution in [2.45, 2.75) is 0 Å². The Morgan fingerprint density at radius 2 is 0.831 bits per heavy atom. The summed E-state index contributed by atoms with van der Waals surface area (Å²) in [6.45, 7) is 0. The SMILES string of the molecule is Brc1ccc(-c2ccccc2)nc1.c1ccc(-c2ccc(-n3c4cnccc4c4ccc5ccn(-c6ccc(-c7cccc8ccccc78)cc6)c5c43)cn2)cc1.c1ccc2c(-c3ccc(-n4ccc5ccc6c7ccncc7[nH]c6c54)cc3)cccc2c1. The second-order valence-electron chi connectivity index (χ2n) is 22.1. The van der Waals surface area contributed by atoms with E-state index in [1.807, 2.05) is 85.7 Å². The van der Waals surface area contributed by atoms with E-state index in [1.165, 1.54) is 81.6 Å². The first-order chi connectivity index (χ1) is 44.1. The first kappa shape index (κ1) is 53.0. The van der Waals surface area contributed by atoms with Gasteiger partial charge in [-0.2, -0.15) is 0 Å². The molecular weight excluding hydrogens is 1150 g/mol. The Balaban J connectivity index is 0.000000123. The summed E-state index contributed by atoms with van der Waals surface area (Å²) in [6, 6.07) is 94.0. The molecule has 0 aliphatic heterocycles. The van der Waals surface area contributed by atoms with Gasteiger partial charge in [0.05, 0.1) is 68.8 Å². The number of halogens is 1. The first-order valence-corrected chi connectivity index (χ1v) is 30.5. The minimum Gasteiger partial charge on any atom is -0.352 e. The van der Waals surface area contributed by atoms with Crippen LogP contribution in [-0.4, -0.2) is 38.6 Å². The molecule has 0 atom stereocenters. The van der Waals surface area contributed by atoms with Gasteiger partial charge < -0.3 is 18.7 Å². The van der Waals surface area contributed by atoms with Crippen LogP contribution in [0.5, 0.6) is 0 Å². The van der Waals surface area contributed by atoms with Gasteiger partial charge in [-0.15, -0.1) is 0 Å². The molecule has 0 aliphatic carbocycles. The highest BCUT2D eigenvalue weighted by molar-refractivity contribution is 9.10. The average molecular weight is 1210 g/mol. The maximum absolute atomic E-state index is 4.88. The van der Waals surface area contributed by atoms with Crippen LogP contribution in [0.2, 0.25) is 0 Å². The topological polar surface area (TPSA) is 82.1 Å². The number of rotatable bonds is 7. The highest BCUT2D eigenvalue weighted by atomic mass is 79.9. The Kier molecular flexibility index (Phi) is 13.5. The maximum atomic E-state index is 4.88. The lowest BCUT2D eigenvalue weighted by molar-refractivity contribution is 1.10. The van der Waals surface area contributed by atoms with E-state index in [0.29, 0.717) is 0 Å². The summed E-state index contributed by atoms with van der Waals surface area (Å²) >= 11 is 3.36. The molecule has 0 radical (unpaired) electrons. The lowest BCUT2D eigenvalue weighted by atomic mass is 9.98. The third kappa shape index (κ3) is 9.76. The number of nitrogens with zero attached hydrogens (tertiary/aromatic N) is 7. The summed E-state index contributed by atoms with van der Waals surface area (Å²) in [4.78, 5) is 21.6. The van der Waals surface area contributed by atoms with Crippen molar-refractivity contribution in [3.8, 4) is 61.8 Å². The summed E-state index contributed by atoms with van der Waals surface area (Å²) in [5.74, 6) is 0. The van der Waals surface area contributed by atoms with Gasteiger partial charge in [0.15, 0.2) is 0 Å². The molecule has 1 N–H and O–H groups in total. The summed E-state index contributed by atoms with van der Waals surface area (Å²) in [6.07, 6.45) is 15.7. The lowest BCUT2D eigenvalue weighted by Crippen LogP contribution is -1.99. The largest absolute Gasteiger partial charge is 0.352 e. The Labute approximate surface area is 521 Å². The number of hydrogen-bond donors (Lipinski definition) is 1. The number of pyridine rings is 4. The number of H-pyrrole nitrogens is 1. The molecule has 18 rings (SSSR count). The molecule has 0 aliphatic rings. The zero-order valence-corrected chi connectivity index (χ0v) is 49.6. The normalized spacial score (nSPS) is 11.4. The van der Waals surface area contributed by atoms with Gasteiger partial charge in [-0.3, -0.25) is 19.9 Å². The molecule has 9 heteroatoms. The molecule has 8 heterocycles. The van der Waals surface area contributed by atoms with Crippen LogP contribution < -0.4 is 0 Å². The number of benzene rings is 10. The molecule has 10 aromatic carbocycles. The van der Waals surface area contributed by atoms with Crippen molar-refractivity contribution in [1.29, 1.82) is 0 Å². The summed E-state index contributed by atoms with van der Waals surface area (Å²) in [5, 5.41) is 12.2. The standard InChI is InChI=1S/C40H26N4.C29H19N3.C11H8BrN/c1-2-8-29(9-3-1)37-20-18-32(25-42-37)44-38-26-41-23-21-35(38)36-19-15-30-22-24-43(39(30)40(36)44)31-16-13-28(14-17-31)34-12-6-10-27-7-4-5-11-33(27)34;1-2-6-23-19(4-1)5-3-7-24(23)20-8-11-22(12-9-20)32-17-15-21-10-13-26-25-14-16-30-18-27(25)31-28(26)29(21)32;12-10-6-7-11(13-8-10)9-4-2-1-3-5-9/h1-26H;1-18,31H;1-8H. The van der Waals surface area contributed by atoms with Gasteiger partial charge in [-0.05, 0) is 133 Å². The number of aromatic nitrogens is 8. The van der Waals surface area contributed by atoms with E-state index in [0.717, 1.165) is 71.6 Å². The van der Waals surface area contributed by atoms with Crippen molar-refractivity contribution < 1.29 is 0 Å². The Hall–Kier alpha value is -11.5. The van der Waals surface area contributed by atoms with Gasteiger partial charge in [0.1, 0.15) is 0 Å². The van der Waals surface area contributed by atoms with Crippen LogP contribution in [0, 0.1) is 0 Å². The zero-order valence-electron chi connectivity index (χ0n) is 48.0. The van der Waals surface area contributed by atoms with E-state index < -0.39 is 0 Å². The van der Waals surface area contributed by atoms with Crippen LogP contribution in [0.3, 0.4) is 0 Å². The summed E-state index contributed by atoms with van der Waals surface area (Å²) in [7, 11) is 0. The van der Waals surface area contributed by atoms with Crippen molar-refractivity contribution >= 4 is 103 Å². The third-order valence-corrected chi connectivity index (χ3v) is 17.4. The molecule has 18 aromatic rings. The van der Waals surface area contributed by atoms with E-state index in [9.17, 15) is 0 Å². The number of nitrogens with one attached hydrogen (secondary N) is 1. The van der Waals surface area contributed by atoms with Gasteiger partial charge in [0.2, 0.25) is 0 Å². The third-order valence-electron chi connectivity index (χ3n) is 17.0. The van der Waals surface area contributed by atoms with E-state index in [-0.39, 0.29) is 0 Å². The highest BCUT2D eigenvalue weighted by Crippen LogP contribution is 2.40. The fraction of sp³-hybridized carbons (Fsp3) is 0. The first-order valence-electron chi connectivity index (χ1n) is 29.7. The van der Waals surface area contributed by atoms with Crippen LogP contribution in [0.15, 0.2) is 321 Å². The summed E-state index contributed by atoms with van der Waals surface area (Å²) < 4.78 is 7.89. The van der Waals surface area contributed by atoms with Crippen molar-refractivity contribution in [1.82, 2.24) is 38.6 Å². The molecule has 0 amide bonds. The molecule has 0 bridgehead atoms. The molecule has 8 aromatic heterocycles. The molecule has 420 valence electrons. The van der Waals surface area contributed by atoms with Crippen LogP contribution >= 0.6 is 15.9 Å². The van der Waals surface area contributed by atoms with Gasteiger partial charge in [-0.1, -0.05) is 194 Å². The van der Waals surface area contributed by atoms with E-state index >= 15 is 0 Å². The molecule has 89 heavy (non-hydrogen) atoms. The van der Waals surface area contributed by atoms with E-state index in [2.05, 4.69) is 280 Å². The fourth-order valence-corrected chi connectivity index (χ4v) is 13.0.